The number of hydrogen-bond acceptors (Lipinski definition) is 4. The van der Waals surface area contributed by atoms with Crippen molar-refractivity contribution in [2.24, 2.45) is 5.73 Å². The summed E-state index contributed by atoms with van der Waals surface area (Å²) in [7, 11) is 0. The van der Waals surface area contributed by atoms with E-state index in [1.54, 1.807) is 5.38 Å². The maximum Gasteiger partial charge on any atom is 0.271 e. The Labute approximate surface area is 99.3 Å². The molecule has 16 heavy (non-hydrogen) atoms. The minimum Gasteiger partial charge on any atom is -0.345 e. The number of nitrogens with zero attached hydrogens (tertiary/aromatic N) is 1. The number of carbonyl (C=O) groups is 1. The van der Waals surface area contributed by atoms with Gasteiger partial charge in [-0.05, 0) is 25.7 Å². The van der Waals surface area contributed by atoms with Gasteiger partial charge in [0.05, 0.1) is 0 Å². The van der Waals surface area contributed by atoms with Gasteiger partial charge >= 0.3 is 0 Å². The Morgan fingerprint density at radius 1 is 1.69 bits per heavy atom. The van der Waals surface area contributed by atoms with Crippen molar-refractivity contribution in [3.8, 4) is 0 Å². The van der Waals surface area contributed by atoms with Gasteiger partial charge in [0, 0.05) is 17.5 Å². The second-order valence-corrected chi connectivity index (χ2v) is 5.21. The molecular formula is C11H17N3OS. The smallest absolute Gasteiger partial charge is 0.271 e. The molecule has 5 heteroatoms. The molecular weight excluding hydrogens is 222 g/mol. The molecule has 1 aliphatic carbocycles. The first-order valence-electron chi connectivity index (χ1n) is 5.66. The van der Waals surface area contributed by atoms with E-state index in [4.69, 9.17) is 5.73 Å². The number of nitrogens with two attached hydrogens (primary N) is 1. The van der Waals surface area contributed by atoms with Crippen molar-refractivity contribution in [3.05, 3.63) is 16.1 Å². The van der Waals surface area contributed by atoms with Crippen LogP contribution in [0, 0.1) is 0 Å². The van der Waals surface area contributed by atoms with Crippen molar-refractivity contribution >= 4 is 17.2 Å². The van der Waals surface area contributed by atoms with Crippen LogP contribution in [-0.4, -0.2) is 16.4 Å². The van der Waals surface area contributed by atoms with E-state index in [1.165, 1.54) is 17.8 Å². The monoisotopic (exact) mass is 239 g/mol. The molecule has 1 heterocycles. The van der Waals surface area contributed by atoms with Crippen molar-refractivity contribution in [3.63, 3.8) is 0 Å². The third-order valence-electron chi connectivity index (χ3n) is 3.33. The van der Waals surface area contributed by atoms with Gasteiger partial charge < -0.3 is 11.1 Å². The summed E-state index contributed by atoms with van der Waals surface area (Å²) in [4.78, 5) is 16.1. The van der Waals surface area contributed by atoms with Gasteiger partial charge in [-0.2, -0.15) is 0 Å². The van der Waals surface area contributed by atoms with Crippen LogP contribution in [0.3, 0.4) is 0 Å². The van der Waals surface area contributed by atoms with E-state index in [1.807, 2.05) is 0 Å². The maximum absolute atomic E-state index is 11.9. The Kier molecular flexibility index (Phi) is 3.25. The highest BCUT2D eigenvalue weighted by atomic mass is 32.1. The average molecular weight is 239 g/mol. The molecule has 0 radical (unpaired) electrons. The normalized spacial score (nSPS) is 17.9. The van der Waals surface area contributed by atoms with Crippen molar-refractivity contribution in [2.45, 2.75) is 44.7 Å². The van der Waals surface area contributed by atoms with Gasteiger partial charge in [-0.25, -0.2) is 4.98 Å². The number of thiazole rings is 1. The van der Waals surface area contributed by atoms with Crippen molar-refractivity contribution in [2.75, 3.05) is 0 Å². The van der Waals surface area contributed by atoms with Crippen LogP contribution in [0.5, 0.6) is 0 Å². The van der Waals surface area contributed by atoms with E-state index in [0.29, 0.717) is 12.2 Å². The van der Waals surface area contributed by atoms with Crippen molar-refractivity contribution < 1.29 is 4.79 Å². The molecule has 2 rings (SSSR count). The quantitative estimate of drug-likeness (QED) is 0.839. The van der Waals surface area contributed by atoms with Crippen LogP contribution in [0.2, 0.25) is 0 Å². The summed E-state index contributed by atoms with van der Waals surface area (Å²) in [5, 5.41) is 5.68. The van der Waals surface area contributed by atoms with Gasteiger partial charge in [0.15, 0.2) is 0 Å². The van der Waals surface area contributed by atoms with E-state index in [0.717, 1.165) is 24.3 Å². The van der Waals surface area contributed by atoms with E-state index in [2.05, 4.69) is 17.2 Å². The number of carbonyl (C=O) groups excluding carboxylic acids is 1. The summed E-state index contributed by atoms with van der Waals surface area (Å²) in [6.07, 6.45) is 4.37. The Balaban J connectivity index is 2.02. The van der Waals surface area contributed by atoms with E-state index in [9.17, 15) is 4.79 Å². The number of aromatic nitrogens is 1. The summed E-state index contributed by atoms with van der Waals surface area (Å²) in [6.45, 7) is 2.52. The Hall–Kier alpha value is -0.940. The fourth-order valence-corrected chi connectivity index (χ4v) is 2.64. The Morgan fingerprint density at radius 3 is 2.88 bits per heavy atom. The summed E-state index contributed by atoms with van der Waals surface area (Å²) in [5.41, 5.74) is 6.01. The molecule has 0 atom stereocenters. The molecule has 1 amide bonds. The lowest BCUT2D eigenvalue weighted by atomic mass is 9.75. The van der Waals surface area contributed by atoms with Crippen LogP contribution in [0.1, 0.15) is 48.1 Å². The van der Waals surface area contributed by atoms with Gasteiger partial charge in [0.25, 0.3) is 5.91 Å². The highest BCUT2D eigenvalue weighted by Crippen LogP contribution is 2.34. The topological polar surface area (TPSA) is 68.0 Å². The van der Waals surface area contributed by atoms with Crippen LogP contribution in [0.15, 0.2) is 5.38 Å². The van der Waals surface area contributed by atoms with Crippen LogP contribution >= 0.6 is 11.3 Å². The van der Waals surface area contributed by atoms with Crippen LogP contribution in [0.25, 0.3) is 0 Å². The molecule has 0 bridgehead atoms. The minimum absolute atomic E-state index is 0.0313. The summed E-state index contributed by atoms with van der Waals surface area (Å²) in [6, 6.07) is 0. The third kappa shape index (κ3) is 2.10. The zero-order valence-electron chi connectivity index (χ0n) is 9.45. The van der Waals surface area contributed by atoms with Gasteiger partial charge in [-0.1, -0.05) is 6.92 Å². The lowest BCUT2D eigenvalue weighted by Crippen LogP contribution is -2.53. The molecule has 1 aromatic heterocycles. The Morgan fingerprint density at radius 2 is 2.44 bits per heavy atom. The van der Waals surface area contributed by atoms with Crippen molar-refractivity contribution in [1.29, 1.82) is 0 Å². The molecule has 4 nitrogen and oxygen atoms in total. The van der Waals surface area contributed by atoms with E-state index >= 15 is 0 Å². The molecule has 0 spiro atoms. The largest absolute Gasteiger partial charge is 0.345 e. The fraction of sp³-hybridized carbons (Fsp3) is 0.636. The number of nitrogens with one attached hydrogen (secondary N) is 1. The number of rotatable bonds is 4. The zero-order chi connectivity index (χ0) is 11.6. The first-order valence-corrected chi connectivity index (χ1v) is 6.54. The van der Waals surface area contributed by atoms with Gasteiger partial charge in [-0.3, -0.25) is 4.79 Å². The van der Waals surface area contributed by atoms with Crippen LogP contribution in [-0.2, 0) is 6.54 Å². The maximum atomic E-state index is 11.9. The van der Waals surface area contributed by atoms with Gasteiger partial charge in [0.1, 0.15) is 10.7 Å². The molecule has 88 valence electrons. The predicted octanol–water partition coefficient (Wildman–Crippen LogP) is 1.66. The van der Waals surface area contributed by atoms with Crippen LogP contribution in [0.4, 0.5) is 0 Å². The summed E-state index contributed by atoms with van der Waals surface area (Å²) >= 11 is 1.44. The third-order valence-corrected chi connectivity index (χ3v) is 4.20. The molecule has 0 unspecified atom stereocenters. The molecule has 1 aliphatic rings. The Bertz CT molecular complexity index is 379. The summed E-state index contributed by atoms with van der Waals surface area (Å²) in [5.74, 6) is -0.0579. The SMILES string of the molecule is CCC1(NC(=O)c2csc(CN)n2)CCC1. The second kappa shape index (κ2) is 4.51. The highest BCUT2D eigenvalue weighted by Gasteiger charge is 2.36. The van der Waals surface area contributed by atoms with Crippen molar-refractivity contribution in [1.82, 2.24) is 10.3 Å². The second-order valence-electron chi connectivity index (χ2n) is 4.27. The summed E-state index contributed by atoms with van der Waals surface area (Å²) < 4.78 is 0. The highest BCUT2D eigenvalue weighted by molar-refractivity contribution is 7.09. The lowest BCUT2D eigenvalue weighted by molar-refractivity contribution is 0.0816. The zero-order valence-corrected chi connectivity index (χ0v) is 10.3. The van der Waals surface area contributed by atoms with Crippen LogP contribution < -0.4 is 11.1 Å². The molecule has 3 N–H and O–H groups in total. The molecule has 1 saturated carbocycles. The van der Waals surface area contributed by atoms with E-state index < -0.39 is 0 Å². The molecule has 1 fully saturated rings. The lowest BCUT2D eigenvalue weighted by Gasteiger charge is -2.41. The standard InChI is InChI=1S/C11H17N3OS/c1-2-11(4-3-5-11)14-10(15)8-7-16-9(6-12)13-8/h7H,2-6,12H2,1H3,(H,14,15). The number of amides is 1. The molecule has 0 saturated heterocycles. The number of hydrogen-bond donors (Lipinski definition) is 2. The van der Waals surface area contributed by atoms with E-state index in [-0.39, 0.29) is 11.4 Å². The molecule has 0 aliphatic heterocycles. The van der Waals surface area contributed by atoms with Gasteiger partial charge in [-0.15, -0.1) is 11.3 Å². The minimum atomic E-state index is -0.0579. The average Bonchev–Trinajstić information content (AvgIpc) is 2.71. The first kappa shape index (κ1) is 11.5. The molecule has 0 aromatic carbocycles. The predicted molar refractivity (Wildman–Crippen MR) is 64.3 cm³/mol. The fourth-order valence-electron chi connectivity index (χ4n) is 1.98. The first-order chi connectivity index (χ1) is 7.69. The molecule has 1 aromatic rings. The van der Waals surface area contributed by atoms with Gasteiger partial charge in [0.2, 0.25) is 0 Å².